The molecule has 1 aliphatic heterocycles. The van der Waals surface area contributed by atoms with Gasteiger partial charge in [-0.2, -0.15) is 0 Å². The first-order valence-electron chi connectivity index (χ1n) is 7.83. The van der Waals surface area contributed by atoms with Crippen molar-refractivity contribution in [3.8, 4) is 0 Å². The van der Waals surface area contributed by atoms with Crippen LogP contribution in [0.4, 0.5) is 4.79 Å². The molecule has 1 saturated heterocycles. The molecule has 126 valence electrons. The molecule has 2 amide bonds. The molecule has 0 spiro atoms. The predicted octanol–water partition coefficient (Wildman–Crippen LogP) is 2.19. The Bertz CT molecular complexity index is 727. The lowest BCUT2D eigenvalue weighted by Gasteiger charge is -2.31. The normalized spacial score (nSPS) is 15.8. The number of para-hydroxylation sites is 2. The molecule has 1 aliphatic rings. The van der Waals surface area contributed by atoms with Crippen LogP contribution in [-0.2, 0) is 9.53 Å². The number of oxazole rings is 1. The molecule has 7 heteroatoms. The minimum absolute atomic E-state index is 0.0479. The summed E-state index contributed by atoms with van der Waals surface area (Å²) >= 11 is 0. The number of carbonyl (C=O) groups excluding carboxylic acids is 2. The second-order valence-corrected chi connectivity index (χ2v) is 5.59. The van der Waals surface area contributed by atoms with Crippen molar-refractivity contribution in [1.82, 2.24) is 15.2 Å². The van der Waals surface area contributed by atoms with Crippen molar-refractivity contribution in [3.63, 3.8) is 0 Å². The molecule has 0 unspecified atom stereocenters. The fraction of sp³-hybridized carbons (Fsp3) is 0.353. The molecular formula is C17H19N3O4. The average molecular weight is 329 g/mol. The highest BCUT2D eigenvalue weighted by Gasteiger charge is 2.23. The maximum absolute atomic E-state index is 12.0. The molecule has 2 aromatic rings. The highest BCUT2D eigenvalue weighted by molar-refractivity contribution is 5.91. The zero-order valence-corrected chi connectivity index (χ0v) is 13.4. The van der Waals surface area contributed by atoms with Gasteiger partial charge in [0.25, 0.3) is 0 Å². The van der Waals surface area contributed by atoms with Gasteiger partial charge in [-0.15, -0.1) is 0 Å². The molecule has 0 saturated carbocycles. The lowest BCUT2D eigenvalue weighted by Crippen LogP contribution is -2.46. The van der Waals surface area contributed by atoms with Gasteiger partial charge < -0.3 is 19.4 Å². The van der Waals surface area contributed by atoms with Gasteiger partial charge in [-0.3, -0.25) is 4.79 Å². The summed E-state index contributed by atoms with van der Waals surface area (Å²) in [7, 11) is 1.37. The zero-order chi connectivity index (χ0) is 16.9. The van der Waals surface area contributed by atoms with Crippen LogP contribution in [0.25, 0.3) is 17.2 Å². The Labute approximate surface area is 139 Å². The molecule has 1 aromatic carbocycles. The number of hydrogen-bond donors (Lipinski definition) is 1. The number of rotatable bonds is 3. The Morgan fingerprint density at radius 2 is 2.08 bits per heavy atom. The molecule has 1 fully saturated rings. The number of nitrogens with one attached hydrogen (secondary N) is 1. The van der Waals surface area contributed by atoms with Gasteiger partial charge in [0, 0.05) is 31.3 Å². The van der Waals surface area contributed by atoms with Crippen LogP contribution in [0, 0.1) is 0 Å². The van der Waals surface area contributed by atoms with E-state index in [4.69, 9.17) is 4.42 Å². The summed E-state index contributed by atoms with van der Waals surface area (Å²) in [6, 6.07) is 7.48. The van der Waals surface area contributed by atoms with Gasteiger partial charge in [-0.1, -0.05) is 12.1 Å². The Balaban J connectivity index is 1.51. The summed E-state index contributed by atoms with van der Waals surface area (Å²) in [6.07, 6.45) is 4.06. The molecule has 24 heavy (non-hydrogen) atoms. The van der Waals surface area contributed by atoms with Gasteiger partial charge in [0.2, 0.25) is 11.8 Å². The number of methoxy groups -OCH3 is 1. The van der Waals surface area contributed by atoms with E-state index in [0.29, 0.717) is 37.4 Å². The number of aromatic nitrogens is 1. The van der Waals surface area contributed by atoms with Gasteiger partial charge in [0.1, 0.15) is 5.52 Å². The van der Waals surface area contributed by atoms with Crippen LogP contribution in [0.3, 0.4) is 0 Å². The van der Waals surface area contributed by atoms with Crippen molar-refractivity contribution in [3.05, 3.63) is 36.2 Å². The van der Waals surface area contributed by atoms with Gasteiger partial charge in [-0.05, 0) is 25.0 Å². The van der Waals surface area contributed by atoms with Crippen molar-refractivity contribution in [2.24, 2.45) is 0 Å². The molecule has 0 aliphatic carbocycles. The van der Waals surface area contributed by atoms with Crippen molar-refractivity contribution in [1.29, 1.82) is 0 Å². The number of ether oxygens (including phenoxy) is 1. The number of hydrogen-bond acceptors (Lipinski definition) is 5. The molecule has 3 rings (SSSR count). The van der Waals surface area contributed by atoms with Gasteiger partial charge in [0.15, 0.2) is 5.58 Å². The topological polar surface area (TPSA) is 84.7 Å². The van der Waals surface area contributed by atoms with E-state index in [1.165, 1.54) is 13.2 Å². The zero-order valence-electron chi connectivity index (χ0n) is 13.4. The Morgan fingerprint density at radius 3 is 2.79 bits per heavy atom. The summed E-state index contributed by atoms with van der Waals surface area (Å²) in [4.78, 5) is 29.3. The summed E-state index contributed by atoms with van der Waals surface area (Å²) < 4.78 is 10.2. The molecule has 1 N–H and O–H groups in total. The molecular weight excluding hydrogens is 310 g/mol. The molecule has 0 bridgehead atoms. The Hall–Kier alpha value is -2.83. The Morgan fingerprint density at radius 1 is 1.33 bits per heavy atom. The minimum atomic E-state index is -0.323. The van der Waals surface area contributed by atoms with E-state index in [2.05, 4.69) is 15.0 Å². The molecule has 7 nitrogen and oxygen atoms in total. The first-order valence-corrected chi connectivity index (χ1v) is 7.83. The van der Waals surface area contributed by atoms with Crippen LogP contribution >= 0.6 is 0 Å². The highest BCUT2D eigenvalue weighted by atomic mass is 16.5. The molecule has 1 aromatic heterocycles. The second kappa shape index (κ2) is 7.16. The third-order valence-corrected chi connectivity index (χ3v) is 3.96. The number of benzene rings is 1. The number of fused-ring (bicyclic) bond motifs is 1. The predicted molar refractivity (Wildman–Crippen MR) is 88.2 cm³/mol. The maximum atomic E-state index is 12.0. The van der Waals surface area contributed by atoms with Crippen LogP contribution in [0.15, 0.2) is 34.8 Å². The smallest absolute Gasteiger partial charge is 0.409 e. The molecule has 0 atom stereocenters. The van der Waals surface area contributed by atoms with E-state index >= 15 is 0 Å². The van der Waals surface area contributed by atoms with Crippen molar-refractivity contribution in [2.75, 3.05) is 20.2 Å². The summed E-state index contributed by atoms with van der Waals surface area (Å²) in [5.41, 5.74) is 1.44. The van der Waals surface area contributed by atoms with E-state index in [9.17, 15) is 9.59 Å². The number of carbonyl (C=O) groups is 2. The average Bonchev–Trinajstić information content (AvgIpc) is 3.03. The van der Waals surface area contributed by atoms with Crippen molar-refractivity contribution in [2.45, 2.75) is 18.9 Å². The van der Waals surface area contributed by atoms with E-state index < -0.39 is 0 Å². The van der Waals surface area contributed by atoms with Crippen LogP contribution in [0.1, 0.15) is 18.7 Å². The Kier molecular flexibility index (Phi) is 4.79. The number of nitrogens with zero attached hydrogens (tertiary/aromatic N) is 2. The van der Waals surface area contributed by atoms with Crippen molar-refractivity contribution >= 4 is 29.2 Å². The van der Waals surface area contributed by atoms with E-state index in [1.807, 2.05) is 24.3 Å². The van der Waals surface area contributed by atoms with Gasteiger partial charge >= 0.3 is 6.09 Å². The second-order valence-electron chi connectivity index (χ2n) is 5.59. The third kappa shape index (κ3) is 3.73. The third-order valence-electron chi connectivity index (χ3n) is 3.96. The van der Waals surface area contributed by atoms with Crippen LogP contribution in [-0.4, -0.2) is 48.1 Å². The molecule has 2 heterocycles. The number of likely N-dealkylation sites (tertiary alicyclic amines) is 1. The summed E-state index contributed by atoms with van der Waals surface area (Å²) in [5, 5.41) is 2.93. The summed E-state index contributed by atoms with van der Waals surface area (Å²) in [5.74, 6) is 0.195. The first kappa shape index (κ1) is 16.0. The largest absolute Gasteiger partial charge is 0.453 e. The number of amides is 2. The quantitative estimate of drug-likeness (QED) is 0.873. The van der Waals surface area contributed by atoms with Crippen LogP contribution in [0.5, 0.6) is 0 Å². The minimum Gasteiger partial charge on any atom is -0.453 e. The van der Waals surface area contributed by atoms with E-state index in [1.54, 1.807) is 11.0 Å². The highest BCUT2D eigenvalue weighted by Crippen LogP contribution is 2.15. The van der Waals surface area contributed by atoms with E-state index in [-0.39, 0.29) is 18.0 Å². The fourth-order valence-corrected chi connectivity index (χ4v) is 2.69. The molecule has 0 radical (unpaired) electrons. The van der Waals surface area contributed by atoms with Crippen LogP contribution in [0.2, 0.25) is 0 Å². The first-order chi connectivity index (χ1) is 11.7. The number of piperidine rings is 1. The van der Waals surface area contributed by atoms with Gasteiger partial charge in [-0.25, -0.2) is 9.78 Å². The monoisotopic (exact) mass is 329 g/mol. The maximum Gasteiger partial charge on any atom is 0.409 e. The van der Waals surface area contributed by atoms with Crippen molar-refractivity contribution < 1.29 is 18.7 Å². The lowest BCUT2D eigenvalue weighted by molar-refractivity contribution is -0.117. The summed E-state index contributed by atoms with van der Waals surface area (Å²) in [6.45, 7) is 1.15. The lowest BCUT2D eigenvalue weighted by atomic mass is 10.1. The standard InChI is InChI=1S/C17H19N3O4/c1-23-17(22)20-10-8-12(9-11-20)18-15(21)6-7-16-19-13-4-2-3-5-14(13)24-16/h2-7,12H,8-11H2,1H3,(H,18,21)/b7-6+. The van der Waals surface area contributed by atoms with E-state index in [0.717, 1.165) is 5.52 Å². The fourth-order valence-electron chi connectivity index (χ4n) is 2.69. The van der Waals surface area contributed by atoms with Crippen LogP contribution < -0.4 is 5.32 Å². The van der Waals surface area contributed by atoms with Gasteiger partial charge in [0.05, 0.1) is 7.11 Å². The SMILES string of the molecule is COC(=O)N1CCC(NC(=O)/C=C/c2nc3ccccc3o2)CC1.